The smallest absolute Gasteiger partial charge is 0.279 e. The maximum Gasteiger partial charge on any atom is 0.279 e. The van der Waals surface area contributed by atoms with E-state index in [1.807, 2.05) is 44.4 Å². The largest absolute Gasteiger partial charge is 0.360 e. The van der Waals surface area contributed by atoms with E-state index in [9.17, 15) is 8.42 Å². The molecule has 26 heavy (non-hydrogen) atoms. The number of anilines is 1. The van der Waals surface area contributed by atoms with E-state index >= 15 is 0 Å². The second kappa shape index (κ2) is 9.96. The zero-order valence-electron chi connectivity index (χ0n) is 15.5. The van der Waals surface area contributed by atoms with Gasteiger partial charge in [-0.1, -0.05) is 33.3 Å². The zero-order valence-corrected chi connectivity index (χ0v) is 17.1. The second-order valence-corrected chi connectivity index (χ2v) is 8.39. The lowest BCUT2D eigenvalue weighted by molar-refractivity contribution is 0.422. The predicted molar refractivity (Wildman–Crippen MR) is 108 cm³/mol. The van der Waals surface area contributed by atoms with E-state index in [4.69, 9.17) is 0 Å². The molecule has 0 aromatic carbocycles. The van der Waals surface area contributed by atoms with Crippen LogP contribution in [0.15, 0.2) is 29.8 Å². The molecule has 0 amide bonds. The van der Waals surface area contributed by atoms with Crippen LogP contribution in [-0.2, 0) is 10.2 Å². The lowest BCUT2D eigenvalue weighted by Gasteiger charge is -2.24. The average Bonchev–Trinajstić information content (AvgIpc) is 3.10. The van der Waals surface area contributed by atoms with Crippen LogP contribution in [0.1, 0.15) is 33.6 Å². The summed E-state index contributed by atoms with van der Waals surface area (Å²) in [5.41, 5.74) is 1.64. The predicted octanol–water partition coefficient (Wildman–Crippen LogP) is 2.96. The van der Waals surface area contributed by atoms with Crippen molar-refractivity contribution in [3.63, 3.8) is 0 Å². The molecule has 0 bridgehead atoms. The van der Waals surface area contributed by atoms with Crippen molar-refractivity contribution in [1.29, 1.82) is 0 Å². The first-order valence-electron chi connectivity index (χ1n) is 8.88. The molecule has 2 aromatic heterocycles. The zero-order chi connectivity index (χ0) is 19.0. The normalized spacial score (nSPS) is 13.1. The molecule has 144 valence electrons. The minimum atomic E-state index is -3.47. The van der Waals surface area contributed by atoms with Crippen molar-refractivity contribution in [2.45, 2.75) is 39.7 Å². The molecule has 0 saturated heterocycles. The summed E-state index contributed by atoms with van der Waals surface area (Å²) in [6.07, 6.45) is 3.39. The SMILES string of the molecule is CCCC(CNc1nc(-c2ccccn2)cs1)NS(=O)(=O)N(CC)CC. The van der Waals surface area contributed by atoms with E-state index in [0.717, 1.165) is 29.4 Å². The van der Waals surface area contributed by atoms with Crippen LogP contribution in [0.2, 0.25) is 0 Å². The van der Waals surface area contributed by atoms with Crippen molar-refractivity contribution in [1.82, 2.24) is 19.0 Å². The summed E-state index contributed by atoms with van der Waals surface area (Å²) in [7, 11) is -3.47. The molecule has 0 aliphatic carbocycles. The molecule has 0 aliphatic heterocycles. The molecular weight excluding hydrogens is 370 g/mol. The van der Waals surface area contributed by atoms with E-state index in [1.165, 1.54) is 15.6 Å². The van der Waals surface area contributed by atoms with Crippen molar-refractivity contribution in [3.05, 3.63) is 29.8 Å². The van der Waals surface area contributed by atoms with Crippen LogP contribution in [0.25, 0.3) is 11.4 Å². The van der Waals surface area contributed by atoms with Gasteiger partial charge in [-0.05, 0) is 18.6 Å². The lowest BCUT2D eigenvalue weighted by atomic mass is 10.2. The summed E-state index contributed by atoms with van der Waals surface area (Å²) in [6.45, 7) is 7.12. The maximum absolute atomic E-state index is 12.4. The summed E-state index contributed by atoms with van der Waals surface area (Å²) < 4.78 is 29.1. The highest BCUT2D eigenvalue weighted by Gasteiger charge is 2.22. The number of thiazole rings is 1. The van der Waals surface area contributed by atoms with Gasteiger partial charge in [0, 0.05) is 37.3 Å². The summed E-state index contributed by atoms with van der Waals surface area (Å²) in [4.78, 5) is 8.83. The molecule has 9 heteroatoms. The number of aromatic nitrogens is 2. The number of hydrogen-bond donors (Lipinski definition) is 2. The van der Waals surface area contributed by atoms with Crippen LogP contribution < -0.4 is 10.0 Å². The molecule has 2 aromatic rings. The third-order valence-corrected chi connectivity index (χ3v) is 6.56. The minimum absolute atomic E-state index is 0.187. The molecule has 0 spiro atoms. The fourth-order valence-corrected chi connectivity index (χ4v) is 4.76. The molecular formula is C17H27N5O2S2. The van der Waals surface area contributed by atoms with Crippen LogP contribution >= 0.6 is 11.3 Å². The molecule has 2 heterocycles. The van der Waals surface area contributed by atoms with Crippen molar-refractivity contribution in [3.8, 4) is 11.4 Å². The monoisotopic (exact) mass is 397 g/mol. The molecule has 1 atom stereocenters. The fraction of sp³-hybridized carbons (Fsp3) is 0.529. The maximum atomic E-state index is 12.4. The molecule has 1 unspecified atom stereocenters. The van der Waals surface area contributed by atoms with Crippen LogP contribution in [0.5, 0.6) is 0 Å². The molecule has 2 rings (SSSR count). The number of rotatable bonds is 11. The van der Waals surface area contributed by atoms with Gasteiger partial charge in [0.15, 0.2) is 5.13 Å². The Labute approximate surface area is 160 Å². The molecule has 2 N–H and O–H groups in total. The van der Waals surface area contributed by atoms with Crippen molar-refractivity contribution in [2.75, 3.05) is 25.0 Å². The summed E-state index contributed by atoms with van der Waals surface area (Å²) in [6, 6.07) is 5.52. The molecule has 0 radical (unpaired) electrons. The highest BCUT2D eigenvalue weighted by atomic mass is 32.2. The number of pyridine rings is 1. The van der Waals surface area contributed by atoms with Gasteiger partial charge in [-0.2, -0.15) is 17.4 Å². The first-order valence-corrected chi connectivity index (χ1v) is 11.2. The van der Waals surface area contributed by atoms with Gasteiger partial charge in [0.1, 0.15) is 5.69 Å². The van der Waals surface area contributed by atoms with Gasteiger partial charge in [-0.25, -0.2) is 4.98 Å². The van der Waals surface area contributed by atoms with Crippen LogP contribution in [0.4, 0.5) is 5.13 Å². The number of nitrogens with one attached hydrogen (secondary N) is 2. The van der Waals surface area contributed by atoms with Gasteiger partial charge in [0.25, 0.3) is 10.2 Å². The third kappa shape index (κ3) is 5.73. The molecule has 7 nitrogen and oxygen atoms in total. The van der Waals surface area contributed by atoms with Crippen LogP contribution in [0, 0.1) is 0 Å². The van der Waals surface area contributed by atoms with Crippen molar-refractivity contribution >= 4 is 26.7 Å². The first-order chi connectivity index (χ1) is 12.5. The minimum Gasteiger partial charge on any atom is -0.360 e. The van der Waals surface area contributed by atoms with Gasteiger partial charge in [-0.15, -0.1) is 11.3 Å². The van der Waals surface area contributed by atoms with Crippen LogP contribution in [0.3, 0.4) is 0 Å². The van der Waals surface area contributed by atoms with E-state index in [0.29, 0.717) is 19.6 Å². The number of hydrogen-bond acceptors (Lipinski definition) is 6. The lowest BCUT2D eigenvalue weighted by Crippen LogP contribution is -2.47. The average molecular weight is 398 g/mol. The van der Waals surface area contributed by atoms with Crippen molar-refractivity contribution < 1.29 is 8.42 Å². The molecule has 0 aliphatic rings. The highest BCUT2D eigenvalue weighted by Crippen LogP contribution is 2.23. The Morgan fingerprint density at radius 1 is 1.19 bits per heavy atom. The Morgan fingerprint density at radius 3 is 2.58 bits per heavy atom. The molecule has 0 saturated carbocycles. The Hall–Kier alpha value is -1.55. The van der Waals surface area contributed by atoms with Gasteiger partial charge < -0.3 is 5.32 Å². The summed E-state index contributed by atoms with van der Waals surface area (Å²) >= 11 is 1.49. The Balaban J connectivity index is 1.99. The first kappa shape index (κ1) is 20.8. The van der Waals surface area contributed by atoms with Crippen molar-refractivity contribution in [2.24, 2.45) is 0 Å². The number of nitrogens with zero attached hydrogens (tertiary/aromatic N) is 3. The fourth-order valence-electron chi connectivity index (χ4n) is 2.60. The topological polar surface area (TPSA) is 87.2 Å². The van der Waals surface area contributed by atoms with E-state index in [2.05, 4.69) is 20.0 Å². The Kier molecular flexibility index (Phi) is 7.95. The standard InChI is InChI=1S/C17H27N5O2S2/c1-4-9-14(21-26(23,24)22(5-2)6-3)12-19-17-20-16(13-25-17)15-10-7-8-11-18-15/h7-8,10-11,13-14,21H,4-6,9,12H2,1-3H3,(H,19,20). The van der Waals surface area contributed by atoms with Gasteiger partial charge in [0.2, 0.25) is 0 Å². The Morgan fingerprint density at radius 2 is 1.96 bits per heavy atom. The Bertz CT molecular complexity index is 760. The van der Waals surface area contributed by atoms with E-state index in [1.54, 1.807) is 6.20 Å². The summed E-state index contributed by atoms with van der Waals surface area (Å²) in [5.74, 6) is 0. The van der Waals surface area contributed by atoms with Gasteiger partial charge in [0.05, 0.1) is 5.69 Å². The van der Waals surface area contributed by atoms with Gasteiger partial charge >= 0.3 is 0 Å². The van der Waals surface area contributed by atoms with E-state index in [-0.39, 0.29) is 6.04 Å². The quantitative estimate of drug-likeness (QED) is 0.609. The van der Waals surface area contributed by atoms with Gasteiger partial charge in [-0.3, -0.25) is 4.98 Å². The summed E-state index contributed by atoms with van der Waals surface area (Å²) in [5, 5.41) is 5.95. The third-order valence-electron chi connectivity index (χ3n) is 3.93. The highest BCUT2D eigenvalue weighted by molar-refractivity contribution is 7.87. The molecule has 0 fully saturated rings. The second-order valence-electron chi connectivity index (χ2n) is 5.83. The van der Waals surface area contributed by atoms with Crippen LogP contribution in [-0.4, -0.2) is 48.4 Å². The van der Waals surface area contributed by atoms with E-state index < -0.39 is 10.2 Å².